The summed E-state index contributed by atoms with van der Waals surface area (Å²) in [4.78, 5) is 41.5. The normalized spacial score (nSPS) is 20.1. The van der Waals surface area contributed by atoms with E-state index >= 15 is 0 Å². The number of hydrogen-bond acceptors (Lipinski definition) is 10. The van der Waals surface area contributed by atoms with Crippen LogP contribution < -0.4 is 5.32 Å². The van der Waals surface area contributed by atoms with Gasteiger partial charge in [-0.15, -0.1) is 11.3 Å². The Morgan fingerprint density at radius 1 is 1.32 bits per heavy atom. The Morgan fingerprint density at radius 2 is 2.24 bits per heavy atom. The van der Waals surface area contributed by atoms with Crippen molar-refractivity contribution in [2.45, 2.75) is 45.1 Å². The number of fused-ring (bicyclic) bond motifs is 1. The molecule has 1 aliphatic heterocycles. The van der Waals surface area contributed by atoms with Crippen molar-refractivity contribution < 1.29 is 18.8 Å². The Labute approximate surface area is 200 Å². The quantitative estimate of drug-likeness (QED) is 0.506. The van der Waals surface area contributed by atoms with Crippen LogP contribution in [0.5, 0.6) is 0 Å². The zero-order chi connectivity index (χ0) is 23.5. The van der Waals surface area contributed by atoms with E-state index in [-0.39, 0.29) is 23.7 Å². The van der Waals surface area contributed by atoms with E-state index in [1.807, 2.05) is 12.1 Å². The molecule has 2 aliphatic rings. The summed E-state index contributed by atoms with van der Waals surface area (Å²) in [6.45, 7) is 4.11. The number of ether oxygens (including phenoxy) is 1. The summed E-state index contributed by atoms with van der Waals surface area (Å²) < 4.78 is 10.6. The molecule has 0 aromatic carbocycles. The predicted molar refractivity (Wildman–Crippen MR) is 124 cm³/mol. The van der Waals surface area contributed by atoms with Crippen LogP contribution in [0.4, 0.5) is 5.13 Å². The molecule has 3 aromatic heterocycles. The molecule has 1 amide bonds. The molecule has 4 heterocycles. The standard InChI is InChI=1S/C23H26N6O4S/c1-2-32-22(31)16-7-8-17-19(16)26-23(34-17)27-21(30)15-6-4-10-29(12-15)13-18-25-20(28-33-18)14-5-3-9-24-11-14/h3,5,9,11,15-16H,2,4,6-8,10,12-13H2,1H3,(H,26,27,30)/t15-,16+/m0/s1. The van der Waals surface area contributed by atoms with Gasteiger partial charge in [0, 0.05) is 29.4 Å². The topological polar surface area (TPSA) is 123 Å². The molecule has 0 spiro atoms. The number of aryl methyl sites for hydroxylation is 1. The molecule has 1 fully saturated rings. The summed E-state index contributed by atoms with van der Waals surface area (Å²) in [5.41, 5.74) is 1.55. The van der Waals surface area contributed by atoms with E-state index in [9.17, 15) is 9.59 Å². The van der Waals surface area contributed by atoms with Crippen molar-refractivity contribution >= 4 is 28.3 Å². The third-order valence-corrected chi connectivity index (χ3v) is 7.19. The first-order valence-electron chi connectivity index (χ1n) is 11.5. The van der Waals surface area contributed by atoms with Crippen LogP contribution in [0.3, 0.4) is 0 Å². The van der Waals surface area contributed by atoms with Gasteiger partial charge in [0.2, 0.25) is 17.6 Å². The van der Waals surface area contributed by atoms with Crippen molar-refractivity contribution in [2.75, 3.05) is 25.0 Å². The molecular weight excluding hydrogens is 456 g/mol. The Hall–Kier alpha value is -3.18. The van der Waals surface area contributed by atoms with Gasteiger partial charge < -0.3 is 14.6 Å². The molecule has 1 aliphatic carbocycles. The average Bonchev–Trinajstić information content (AvgIpc) is 3.56. The lowest BCUT2D eigenvalue weighted by atomic mass is 9.97. The number of hydrogen-bond donors (Lipinski definition) is 1. The molecule has 0 unspecified atom stereocenters. The van der Waals surface area contributed by atoms with Crippen molar-refractivity contribution in [3.63, 3.8) is 0 Å². The largest absolute Gasteiger partial charge is 0.465 e. The van der Waals surface area contributed by atoms with E-state index in [1.165, 1.54) is 11.3 Å². The van der Waals surface area contributed by atoms with E-state index in [4.69, 9.17) is 9.26 Å². The number of thiazole rings is 1. The van der Waals surface area contributed by atoms with Crippen LogP contribution in [0.1, 0.15) is 48.6 Å². The van der Waals surface area contributed by atoms with Crippen LogP contribution in [0, 0.1) is 5.92 Å². The molecule has 11 heteroatoms. The van der Waals surface area contributed by atoms with E-state index in [2.05, 4.69) is 30.3 Å². The number of likely N-dealkylation sites (tertiary alicyclic amines) is 1. The molecule has 0 saturated carbocycles. The van der Waals surface area contributed by atoms with Gasteiger partial charge in [0.1, 0.15) is 5.92 Å². The summed E-state index contributed by atoms with van der Waals surface area (Å²) in [6, 6.07) is 3.71. The smallest absolute Gasteiger partial charge is 0.315 e. The van der Waals surface area contributed by atoms with Crippen LogP contribution in [0.15, 0.2) is 29.0 Å². The number of amides is 1. The van der Waals surface area contributed by atoms with Crippen LogP contribution in [0.25, 0.3) is 11.4 Å². The number of carbonyl (C=O) groups excluding carboxylic acids is 2. The van der Waals surface area contributed by atoms with Crippen molar-refractivity contribution in [3.05, 3.63) is 41.0 Å². The number of carbonyl (C=O) groups is 2. The summed E-state index contributed by atoms with van der Waals surface area (Å²) in [6.07, 6.45) is 6.61. The van der Waals surface area contributed by atoms with Gasteiger partial charge in [-0.1, -0.05) is 5.16 Å². The van der Waals surface area contributed by atoms with Crippen molar-refractivity contribution in [3.8, 4) is 11.4 Å². The van der Waals surface area contributed by atoms with Crippen molar-refractivity contribution in [1.82, 2.24) is 25.0 Å². The van der Waals surface area contributed by atoms with Gasteiger partial charge >= 0.3 is 5.97 Å². The number of esters is 1. The second kappa shape index (κ2) is 9.98. The Balaban J connectivity index is 1.18. The molecule has 0 radical (unpaired) electrons. The molecule has 5 rings (SSSR count). The highest BCUT2D eigenvalue weighted by molar-refractivity contribution is 7.16. The number of aromatic nitrogens is 4. The molecule has 3 aromatic rings. The number of anilines is 1. The van der Waals surface area contributed by atoms with E-state index in [1.54, 1.807) is 19.3 Å². The summed E-state index contributed by atoms with van der Waals surface area (Å²) in [7, 11) is 0. The fraction of sp³-hybridized carbons (Fsp3) is 0.478. The molecule has 1 saturated heterocycles. The molecule has 34 heavy (non-hydrogen) atoms. The second-order valence-electron chi connectivity index (χ2n) is 8.49. The molecule has 10 nitrogen and oxygen atoms in total. The van der Waals surface area contributed by atoms with Gasteiger partial charge in [-0.3, -0.25) is 19.5 Å². The number of piperidine rings is 1. The number of pyridine rings is 1. The third-order valence-electron chi connectivity index (χ3n) is 6.14. The van der Waals surface area contributed by atoms with Crippen LogP contribution >= 0.6 is 11.3 Å². The van der Waals surface area contributed by atoms with Gasteiger partial charge in [-0.25, -0.2) is 4.98 Å². The zero-order valence-electron chi connectivity index (χ0n) is 18.9. The third kappa shape index (κ3) is 4.85. The fourth-order valence-electron chi connectivity index (χ4n) is 4.50. The molecule has 178 valence electrons. The summed E-state index contributed by atoms with van der Waals surface area (Å²) >= 11 is 1.45. The summed E-state index contributed by atoms with van der Waals surface area (Å²) in [5, 5.41) is 7.57. The highest BCUT2D eigenvalue weighted by Crippen LogP contribution is 2.39. The van der Waals surface area contributed by atoms with E-state index in [0.717, 1.165) is 48.4 Å². The second-order valence-corrected chi connectivity index (χ2v) is 9.57. The van der Waals surface area contributed by atoms with Crippen molar-refractivity contribution in [2.24, 2.45) is 5.92 Å². The average molecular weight is 483 g/mol. The van der Waals surface area contributed by atoms with Gasteiger partial charge in [0.05, 0.1) is 24.8 Å². The highest BCUT2D eigenvalue weighted by Gasteiger charge is 2.34. The lowest BCUT2D eigenvalue weighted by Gasteiger charge is -2.30. The number of nitrogens with zero attached hydrogens (tertiary/aromatic N) is 5. The van der Waals surface area contributed by atoms with E-state index in [0.29, 0.717) is 36.5 Å². The van der Waals surface area contributed by atoms with Gasteiger partial charge in [-0.2, -0.15) is 4.98 Å². The first-order valence-corrected chi connectivity index (χ1v) is 12.3. The Bertz CT molecular complexity index is 1160. The maximum Gasteiger partial charge on any atom is 0.315 e. The van der Waals surface area contributed by atoms with Crippen LogP contribution in [-0.2, 0) is 27.3 Å². The first kappa shape index (κ1) is 22.6. The predicted octanol–water partition coefficient (Wildman–Crippen LogP) is 3.03. The SMILES string of the molecule is CCOC(=O)[C@@H]1CCc2sc(NC(=O)[C@H]3CCCN(Cc4nc(-c5cccnc5)no4)C3)nc21. The lowest BCUT2D eigenvalue weighted by Crippen LogP contribution is -2.40. The minimum absolute atomic E-state index is 0.0496. The lowest BCUT2D eigenvalue weighted by molar-refractivity contribution is -0.145. The minimum Gasteiger partial charge on any atom is -0.465 e. The minimum atomic E-state index is -0.326. The van der Waals surface area contributed by atoms with Gasteiger partial charge in [0.15, 0.2) is 5.13 Å². The van der Waals surface area contributed by atoms with Crippen LogP contribution in [-0.4, -0.2) is 56.6 Å². The number of rotatable bonds is 7. The maximum absolute atomic E-state index is 13.0. The monoisotopic (exact) mass is 482 g/mol. The van der Waals surface area contributed by atoms with Crippen molar-refractivity contribution in [1.29, 1.82) is 0 Å². The Kier molecular flexibility index (Phi) is 6.63. The number of nitrogens with one attached hydrogen (secondary N) is 1. The van der Waals surface area contributed by atoms with E-state index < -0.39 is 0 Å². The summed E-state index contributed by atoms with van der Waals surface area (Å²) in [5.74, 6) is 0.252. The molecule has 2 atom stereocenters. The maximum atomic E-state index is 13.0. The first-order chi connectivity index (χ1) is 16.6. The Morgan fingerprint density at radius 3 is 3.06 bits per heavy atom. The molecule has 0 bridgehead atoms. The van der Waals surface area contributed by atoms with Crippen LogP contribution in [0.2, 0.25) is 0 Å². The molecule has 1 N–H and O–H groups in total. The van der Waals surface area contributed by atoms with Gasteiger partial charge in [0.25, 0.3) is 0 Å². The molecular formula is C23H26N6O4S. The highest BCUT2D eigenvalue weighted by atomic mass is 32.1. The van der Waals surface area contributed by atoms with Gasteiger partial charge in [-0.05, 0) is 51.3 Å². The zero-order valence-corrected chi connectivity index (χ0v) is 19.7. The fourth-order valence-corrected chi connectivity index (χ4v) is 5.54.